The SMILES string of the molecule is Cc1cc2nc(-c3c(C)cccc3C)oc2cc1-c1n(C(C)(C)C)c2ccccc2[n+]1C. The van der Waals surface area contributed by atoms with Gasteiger partial charge in [-0.15, -0.1) is 0 Å². The molecule has 4 heteroatoms. The van der Waals surface area contributed by atoms with Crippen LogP contribution in [0.15, 0.2) is 59.0 Å². The Morgan fingerprint density at radius 3 is 2.25 bits per heavy atom. The van der Waals surface area contributed by atoms with Gasteiger partial charge in [0.1, 0.15) is 11.1 Å². The Hall–Kier alpha value is -3.40. The van der Waals surface area contributed by atoms with E-state index in [0.29, 0.717) is 5.89 Å². The topological polar surface area (TPSA) is 34.8 Å². The molecule has 0 fully saturated rings. The Bertz CT molecular complexity index is 1470. The van der Waals surface area contributed by atoms with Crippen molar-refractivity contribution >= 4 is 22.1 Å². The molecule has 5 rings (SSSR count). The van der Waals surface area contributed by atoms with Crippen LogP contribution in [0.25, 0.3) is 45.0 Å². The van der Waals surface area contributed by atoms with Gasteiger partial charge in [-0.3, -0.25) is 0 Å². The molecule has 0 aliphatic heterocycles. The molecule has 0 saturated carbocycles. The average Bonchev–Trinajstić information content (AvgIpc) is 3.25. The lowest BCUT2D eigenvalue weighted by Crippen LogP contribution is -2.33. The van der Waals surface area contributed by atoms with Crippen molar-refractivity contribution < 1.29 is 8.98 Å². The molecule has 4 nitrogen and oxygen atoms in total. The number of fused-ring (bicyclic) bond motifs is 2. The summed E-state index contributed by atoms with van der Waals surface area (Å²) in [6, 6.07) is 19.2. The summed E-state index contributed by atoms with van der Waals surface area (Å²) in [6.45, 7) is 13.1. The Kier molecular flexibility index (Phi) is 4.52. The summed E-state index contributed by atoms with van der Waals surface area (Å²) in [5.74, 6) is 1.86. The summed E-state index contributed by atoms with van der Waals surface area (Å²) in [4.78, 5) is 4.86. The maximum Gasteiger partial charge on any atom is 0.290 e. The minimum Gasteiger partial charge on any atom is -0.436 e. The van der Waals surface area contributed by atoms with Gasteiger partial charge in [0, 0.05) is 5.56 Å². The van der Waals surface area contributed by atoms with E-state index in [1.54, 1.807) is 0 Å². The van der Waals surface area contributed by atoms with E-state index in [-0.39, 0.29) is 5.54 Å². The second-order valence-electron chi connectivity index (χ2n) is 9.80. The third kappa shape index (κ3) is 3.05. The smallest absolute Gasteiger partial charge is 0.290 e. The Morgan fingerprint density at radius 2 is 1.56 bits per heavy atom. The lowest BCUT2D eigenvalue weighted by Gasteiger charge is -2.18. The van der Waals surface area contributed by atoms with Crippen molar-refractivity contribution in [2.45, 2.75) is 47.1 Å². The minimum atomic E-state index is -0.0809. The summed E-state index contributed by atoms with van der Waals surface area (Å²) >= 11 is 0. The van der Waals surface area contributed by atoms with E-state index in [1.807, 2.05) is 0 Å². The van der Waals surface area contributed by atoms with Crippen LogP contribution in [0.3, 0.4) is 0 Å². The van der Waals surface area contributed by atoms with Crippen molar-refractivity contribution in [3.8, 4) is 22.8 Å². The maximum absolute atomic E-state index is 6.34. The minimum absolute atomic E-state index is 0.0809. The van der Waals surface area contributed by atoms with Gasteiger partial charge >= 0.3 is 0 Å². The zero-order chi connectivity index (χ0) is 22.8. The van der Waals surface area contributed by atoms with Crippen molar-refractivity contribution in [2.75, 3.05) is 0 Å². The summed E-state index contributed by atoms with van der Waals surface area (Å²) in [7, 11) is 2.14. The summed E-state index contributed by atoms with van der Waals surface area (Å²) < 4.78 is 11.1. The molecule has 32 heavy (non-hydrogen) atoms. The molecule has 2 aromatic heterocycles. The van der Waals surface area contributed by atoms with Gasteiger partial charge in [0.25, 0.3) is 5.82 Å². The molecule has 0 aliphatic rings. The van der Waals surface area contributed by atoms with Crippen LogP contribution in [-0.2, 0) is 12.6 Å². The van der Waals surface area contributed by atoms with Gasteiger partial charge in [0.05, 0.1) is 12.6 Å². The number of hydrogen-bond acceptors (Lipinski definition) is 2. The fourth-order valence-corrected chi connectivity index (χ4v) is 4.87. The highest BCUT2D eigenvalue weighted by Gasteiger charge is 2.33. The first-order valence-corrected chi connectivity index (χ1v) is 11.1. The molecule has 5 aromatic rings. The highest BCUT2D eigenvalue weighted by molar-refractivity contribution is 5.85. The quantitative estimate of drug-likeness (QED) is 0.298. The number of aromatic nitrogens is 3. The molecule has 2 heterocycles. The van der Waals surface area contributed by atoms with E-state index in [2.05, 4.69) is 112 Å². The highest BCUT2D eigenvalue weighted by Crippen LogP contribution is 2.35. The second kappa shape index (κ2) is 7.06. The van der Waals surface area contributed by atoms with E-state index in [1.165, 1.54) is 33.5 Å². The van der Waals surface area contributed by atoms with Gasteiger partial charge in [0.15, 0.2) is 16.6 Å². The van der Waals surface area contributed by atoms with Crippen LogP contribution in [0, 0.1) is 20.8 Å². The van der Waals surface area contributed by atoms with Crippen molar-refractivity contribution in [1.82, 2.24) is 9.55 Å². The number of nitrogens with zero attached hydrogens (tertiary/aromatic N) is 3. The zero-order valence-corrected chi connectivity index (χ0v) is 19.9. The molecule has 0 saturated heterocycles. The first kappa shape index (κ1) is 20.5. The summed E-state index contributed by atoms with van der Waals surface area (Å²) in [5, 5.41) is 0. The largest absolute Gasteiger partial charge is 0.436 e. The van der Waals surface area contributed by atoms with Crippen LogP contribution in [-0.4, -0.2) is 9.55 Å². The normalized spacial score (nSPS) is 12.2. The Morgan fingerprint density at radius 1 is 0.875 bits per heavy atom. The number of imidazole rings is 1. The number of oxazole rings is 1. The molecule has 0 N–H and O–H groups in total. The van der Waals surface area contributed by atoms with E-state index in [0.717, 1.165) is 22.2 Å². The molecule has 0 unspecified atom stereocenters. The zero-order valence-electron chi connectivity index (χ0n) is 19.9. The Labute approximate surface area is 189 Å². The molecule has 0 atom stereocenters. The van der Waals surface area contributed by atoms with Gasteiger partial charge in [-0.25, -0.2) is 14.1 Å². The third-order valence-corrected chi connectivity index (χ3v) is 6.35. The van der Waals surface area contributed by atoms with Crippen LogP contribution < -0.4 is 4.57 Å². The van der Waals surface area contributed by atoms with E-state index in [4.69, 9.17) is 9.40 Å². The predicted molar refractivity (Wildman–Crippen MR) is 131 cm³/mol. The number of benzene rings is 3. The van der Waals surface area contributed by atoms with E-state index in [9.17, 15) is 0 Å². The van der Waals surface area contributed by atoms with Gasteiger partial charge < -0.3 is 4.42 Å². The van der Waals surface area contributed by atoms with Gasteiger partial charge in [-0.2, -0.15) is 0 Å². The average molecular weight is 425 g/mol. The standard InChI is InChI=1S/C28H30N3O/c1-17-11-10-12-18(2)25(17)26-29-21-15-19(3)20(16-24(21)32-26)27-30(7)22-13-8-9-14-23(22)31(27)28(4,5)6/h8-16H,1-7H3/q+1. The molecular weight excluding hydrogens is 394 g/mol. The predicted octanol–water partition coefficient (Wildman–Crippen LogP) is 6.62. The third-order valence-electron chi connectivity index (χ3n) is 6.35. The van der Waals surface area contributed by atoms with Crippen molar-refractivity contribution in [2.24, 2.45) is 7.05 Å². The van der Waals surface area contributed by atoms with Crippen molar-refractivity contribution in [1.29, 1.82) is 0 Å². The number of rotatable bonds is 2. The summed E-state index contributed by atoms with van der Waals surface area (Å²) in [5.41, 5.74) is 9.84. The van der Waals surface area contributed by atoms with Crippen LogP contribution >= 0.6 is 0 Å². The van der Waals surface area contributed by atoms with Gasteiger partial charge in [0.2, 0.25) is 5.89 Å². The first-order chi connectivity index (χ1) is 15.2. The second-order valence-corrected chi connectivity index (χ2v) is 9.80. The highest BCUT2D eigenvalue weighted by atomic mass is 16.3. The van der Waals surface area contributed by atoms with E-state index >= 15 is 0 Å². The van der Waals surface area contributed by atoms with Crippen molar-refractivity contribution in [3.63, 3.8) is 0 Å². The maximum atomic E-state index is 6.34. The van der Waals surface area contributed by atoms with Crippen LogP contribution in [0.2, 0.25) is 0 Å². The molecule has 0 radical (unpaired) electrons. The van der Waals surface area contributed by atoms with Gasteiger partial charge in [-0.05, 0) is 82.5 Å². The van der Waals surface area contributed by atoms with E-state index < -0.39 is 0 Å². The molecule has 3 aromatic carbocycles. The molecule has 0 spiro atoms. The van der Waals surface area contributed by atoms with Crippen LogP contribution in [0.1, 0.15) is 37.5 Å². The fraction of sp³-hybridized carbons (Fsp3) is 0.286. The first-order valence-electron chi connectivity index (χ1n) is 11.1. The molecular formula is C28H30N3O+. The number of hydrogen-bond donors (Lipinski definition) is 0. The molecule has 162 valence electrons. The van der Waals surface area contributed by atoms with Crippen molar-refractivity contribution in [3.05, 3.63) is 71.3 Å². The van der Waals surface area contributed by atoms with Gasteiger partial charge in [-0.1, -0.05) is 30.3 Å². The summed E-state index contributed by atoms with van der Waals surface area (Å²) in [6.07, 6.45) is 0. The molecule has 0 aliphatic carbocycles. The molecule has 0 amide bonds. The number of para-hydroxylation sites is 2. The molecule has 0 bridgehead atoms. The van der Waals surface area contributed by atoms with Crippen LogP contribution in [0.5, 0.6) is 0 Å². The fourth-order valence-electron chi connectivity index (χ4n) is 4.87. The lowest BCUT2D eigenvalue weighted by molar-refractivity contribution is -0.634. The van der Waals surface area contributed by atoms with Crippen LogP contribution in [0.4, 0.5) is 0 Å². The monoisotopic (exact) mass is 424 g/mol. The Balaban J connectivity index is 1.79. The lowest BCUT2D eigenvalue weighted by atomic mass is 10.0. The number of aryl methyl sites for hydroxylation is 4.